The third-order valence-electron chi connectivity index (χ3n) is 1.57. The number of hydrogen-bond acceptors (Lipinski definition) is 3. The smallest absolute Gasteiger partial charge is 0.227 e. The Balaban J connectivity index is 2.18. The maximum Gasteiger partial charge on any atom is 0.227 e. The highest BCUT2D eigenvalue weighted by Gasteiger charge is 2.03. The highest BCUT2D eigenvalue weighted by Crippen LogP contribution is 2.00. The number of carbonyl (C=O) groups is 1. The predicted octanol–water partition coefficient (Wildman–Crippen LogP) is 0.321. The van der Waals surface area contributed by atoms with Gasteiger partial charge in [0.25, 0.3) is 0 Å². The van der Waals surface area contributed by atoms with Gasteiger partial charge in [-0.25, -0.2) is 0 Å². The van der Waals surface area contributed by atoms with Crippen molar-refractivity contribution in [1.82, 2.24) is 5.32 Å². The van der Waals surface area contributed by atoms with Gasteiger partial charge in [-0.2, -0.15) is 0 Å². The quantitative estimate of drug-likeness (QED) is 0.646. The number of furan rings is 1. The Labute approximate surface area is 76.6 Å². The van der Waals surface area contributed by atoms with Crippen LogP contribution in [0.3, 0.4) is 0 Å². The third kappa shape index (κ3) is 3.75. The van der Waals surface area contributed by atoms with Crippen molar-refractivity contribution < 1.29 is 14.3 Å². The van der Waals surface area contributed by atoms with Crippen LogP contribution in [0.25, 0.3) is 0 Å². The van der Waals surface area contributed by atoms with Gasteiger partial charge in [0.15, 0.2) is 0 Å². The summed E-state index contributed by atoms with van der Waals surface area (Å²) in [5, 5.41) is 11.1. The summed E-state index contributed by atoms with van der Waals surface area (Å²) in [6.45, 7) is 0.608. The van der Waals surface area contributed by atoms with E-state index < -0.39 is 0 Å². The lowest BCUT2D eigenvalue weighted by Gasteiger charge is -2.01. The van der Waals surface area contributed by atoms with Crippen molar-refractivity contribution in [2.24, 2.45) is 0 Å². The summed E-state index contributed by atoms with van der Waals surface area (Å²) in [6.07, 6.45) is 2.39. The van der Waals surface area contributed by atoms with E-state index in [-0.39, 0.29) is 18.9 Å². The van der Waals surface area contributed by atoms with E-state index in [9.17, 15) is 4.79 Å². The van der Waals surface area contributed by atoms with Gasteiger partial charge in [0.05, 0.1) is 12.7 Å². The van der Waals surface area contributed by atoms with Crippen molar-refractivity contribution in [2.45, 2.75) is 12.8 Å². The summed E-state index contributed by atoms with van der Waals surface area (Å²) in [6, 6.07) is 3.50. The first-order valence-electron chi connectivity index (χ1n) is 4.23. The molecule has 0 radical (unpaired) electrons. The molecule has 0 spiro atoms. The molecule has 0 aliphatic rings. The highest BCUT2D eigenvalue weighted by atomic mass is 16.3. The van der Waals surface area contributed by atoms with E-state index in [2.05, 4.69) is 5.32 Å². The molecule has 1 rings (SSSR count). The Morgan fingerprint density at radius 1 is 1.62 bits per heavy atom. The van der Waals surface area contributed by atoms with Crippen LogP contribution >= 0.6 is 0 Å². The molecule has 2 N–H and O–H groups in total. The molecular weight excluding hydrogens is 170 g/mol. The zero-order valence-electron chi connectivity index (χ0n) is 7.32. The monoisotopic (exact) mass is 183 g/mol. The molecule has 0 fully saturated rings. The van der Waals surface area contributed by atoms with Gasteiger partial charge in [-0.1, -0.05) is 0 Å². The first-order chi connectivity index (χ1) is 6.33. The van der Waals surface area contributed by atoms with Gasteiger partial charge in [0.1, 0.15) is 5.76 Å². The Kier molecular flexibility index (Phi) is 4.05. The van der Waals surface area contributed by atoms with Crippen molar-refractivity contribution in [2.75, 3.05) is 13.2 Å². The number of hydrogen-bond donors (Lipinski definition) is 2. The minimum absolute atomic E-state index is 0.0802. The van der Waals surface area contributed by atoms with Crippen LogP contribution in [0.1, 0.15) is 12.2 Å². The first-order valence-corrected chi connectivity index (χ1v) is 4.23. The number of amides is 1. The molecule has 0 saturated carbocycles. The molecule has 13 heavy (non-hydrogen) atoms. The maximum atomic E-state index is 11.1. The summed E-state index contributed by atoms with van der Waals surface area (Å²) in [5.74, 6) is 0.574. The zero-order valence-corrected chi connectivity index (χ0v) is 7.32. The first kappa shape index (κ1) is 9.80. The van der Waals surface area contributed by atoms with Gasteiger partial charge in [-0.05, 0) is 18.6 Å². The van der Waals surface area contributed by atoms with Gasteiger partial charge in [0, 0.05) is 13.2 Å². The summed E-state index contributed by atoms with van der Waals surface area (Å²) < 4.78 is 5.00. The molecule has 0 aliphatic carbocycles. The Bertz CT molecular complexity index is 243. The van der Waals surface area contributed by atoms with E-state index >= 15 is 0 Å². The molecule has 1 heterocycles. The lowest BCUT2D eigenvalue weighted by atomic mass is 10.3. The van der Waals surface area contributed by atoms with Gasteiger partial charge in [0.2, 0.25) is 5.91 Å². The van der Waals surface area contributed by atoms with E-state index in [4.69, 9.17) is 9.52 Å². The average molecular weight is 183 g/mol. The SMILES string of the molecule is O=C(Cc1ccco1)NCCCO. The molecule has 0 saturated heterocycles. The second-order valence-corrected chi connectivity index (χ2v) is 2.68. The van der Waals surface area contributed by atoms with Gasteiger partial charge < -0.3 is 14.8 Å². The van der Waals surface area contributed by atoms with Crippen LogP contribution in [0, 0.1) is 0 Å². The largest absolute Gasteiger partial charge is 0.469 e. The molecule has 0 atom stereocenters. The molecule has 0 unspecified atom stereocenters. The summed E-state index contributed by atoms with van der Waals surface area (Å²) in [7, 11) is 0. The normalized spacial score (nSPS) is 9.92. The zero-order chi connectivity index (χ0) is 9.52. The topological polar surface area (TPSA) is 62.5 Å². The minimum Gasteiger partial charge on any atom is -0.469 e. The molecule has 0 aromatic carbocycles. The fourth-order valence-electron chi connectivity index (χ4n) is 0.941. The third-order valence-corrected chi connectivity index (χ3v) is 1.57. The van der Waals surface area contributed by atoms with Crippen molar-refractivity contribution in [1.29, 1.82) is 0 Å². The van der Waals surface area contributed by atoms with Gasteiger partial charge in [-0.3, -0.25) is 4.79 Å². The maximum absolute atomic E-state index is 11.1. The van der Waals surface area contributed by atoms with Gasteiger partial charge in [-0.15, -0.1) is 0 Å². The predicted molar refractivity (Wildman–Crippen MR) is 47.1 cm³/mol. The molecule has 4 heteroatoms. The van der Waals surface area contributed by atoms with E-state index in [1.165, 1.54) is 6.26 Å². The second-order valence-electron chi connectivity index (χ2n) is 2.68. The summed E-state index contributed by atoms with van der Waals surface area (Å²) in [4.78, 5) is 11.1. The number of carbonyl (C=O) groups excluding carboxylic acids is 1. The van der Waals surface area contributed by atoms with Crippen LogP contribution in [0.5, 0.6) is 0 Å². The highest BCUT2D eigenvalue weighted by molar-refractivity contribution is 5.77. The van der Waals surface area contributed by atoms with Gasteiger partial charge >= 0.3 is 0 Å². The molecule has 0 aliphatic heterocycles. The van der Waals surface area contributed by atoms with Crippen molar-refractivity contribution in [3.05, 3.63) is 24.2 Å². The van der Waals surface area contributed by atoms with Crippen LogP contribution in [0.15, 0.2) is 22.8 Å². The number of nitrogens with one attached hydrogen (secondary N) is 1. The molecular formula is C9H13NO3. The standard InChI is InChI=1S/C9H13NO3/c11-5-2-4-10-9(12)7-8-3-1-6-13-8/h1,3,6,11H,2,4-5,7H2,(H,10,12). The van der Waals surface area contributed by atoms with Crippen LogP contribution in [-0.2, 0) is 11.2 Å². The fraction of sp³-hybridized carbons (Fsp3) is 0.444. The van der Waals surface area contributed by atoms with E-state index in [1.54, 1.807) is 12.1 Å². The van der Waals surface area contributed by atoms with Crippen LogP contribution < -0.4 is 5.32 Å². The Morgan fingerprint density at radius 2 is 2.46 bits per heavy atom. The number of aliphatic hydroxyl groups excluding tert-OH is 1. The fourth-order valence-corrected chi connectivity index (χ4v) is 0.941. The summed E-state index contributed by atoms with van der Waals surface area (Å²) >= 11 is 0. The second kappa shape index (κ2) is 5.37. The Morgan fingerprint density at radius 3 is 3.08 bits per heavy atom. The van der Waals surface area contributed by atoms with E-state index in [0.29, 0.717) is 18.7 Å². The van der Waals surface area contributed by atoms with E-state index in [1.807, 2.05) is 0 Å². The molecule has 1 amide bonds. The molecule has 4 nitrogen and oxygen atoms in total. The van der Waals surface area contributed by atoms with Crippen LogP contribution in [0.4, 0.5) is 0 Å². The lowest BCUT2D eigenvalue weighted by molar-refractivity contribution is -0.120. The number of aliphatic hydroxyl groups is 1. The molecule has 1 aromatic heterocycles. The molecule has 1 aromatic rings. The van der Waals surface area contributed by atoms with Crippen LogP contribution in [0.2, 0.25) is 0 Å². The average Bonchev–Trinajstić information content (AvgIpc) is 2.57. The van der Waals surface area contributed by atoms with E-state index in [0.717, 1.165) is 0 Å². The number of rotatable bonds is 5. The van der Waals surface area contributed by atoms with Crippen molar-refractivity contribution in [3.63, 3.8) is 0 Å². The molecule has 72 valence electrons. The van der Waals surface area contributed by atoms with Crippen LogP contribution in [-0.4, -0.2) is 24.2 Å². The minimum atomic E-state index is -0.0802. The Hall–Kier alpha value is -1.29. The van der Waals surface area contributed by atoms with Crippen molar-refractivity contribution >= 4 is 5.91 Å². The molecule has 0 bridgehead atoms. The van der Waals surface area contributed by atoms with Crippen molar-refractivity contribution in [3.8, 4) is 0 Å². The summed E-state index contributed by atoms with van der Waals surface area (Å²) in [5.41, 5.74) is 0. The lowest BCUT2D eigenvalue weighted by Crippen LogP contribution is -2.26.